The van der Waals surface area contributed by atoms with Crippen molar-refractivity contribution >= 4 is 35.8 Å². The van der Waals surface area contributed by atoms with Gasteiger partial charge < -0.3 is 25.4 Å². The van der Waals surface area contributed by atoms with E-state index in [-0.39, 0.29) is 42.2 Å². The molecular weight excluding hydrogens is 497 g/mol. The molecule has 0 aliphatic carbocycles. The predicted octanol–water partition coefficient (Wildman–Crippen LogP) is 3.13. The molecule has 0 radical (unpaired) electrons. The first-order valence-electron chi connectivity index (χ1n) is 9.15. The Kier molecular flexibility index (Phi) is 12.5. The van der Waals surface area contributed by atoms with Gasteiger partial charge in [-0.1, -0.05) is 0 Å². The third-order valence-electron chi connectivity index (χ3n) is 3.89. The number of carbonyl (C=O) groups excluding carboxylic acids is 1. The summed E-state index contributed by atoms with van der Waals surface area (Å²) in [5.41, 5.74) is -0.189. The van der Waals surface area contributed by atoms with Gasteiger partial charge in [0.15, 0.2) is 5.96 Å². The molecule has 10 heteroatoms. The molecule has 3 N–H and O–H groups in total. The number of hydrogen-bond acceptors (Lipinski definition) is 4. The lowest BCUT2D eigenvalue weighted by Gasteiger charge is -2.25. The highest BCUT2D eigenvalue weighted by Gasteiger charge is 2.27. The zero-order chi connectivity index (χ0) is 21.2. The van der Waals surface area contributed by atoms with Crippen molar-refractivity contribution in [2.45, 2.75) is 40.9 Å². The molecule has 0 aliphatic heterocycles. The normalized spacial score (nSPS) is 11.5. The zero-order valence-corrected chi connectivity index (χ0v) is 19.8. The Bertz CT molecular complexity index is 673. The summed E-state index contributed by atoms with van der Waals surface area (Å²) in [6.45, 7) is 6.09. The fourth-order valence-corrected chi connectivity index (χ4v) is 2.31. The minimum atomic E-state index is -2.93. The highest BCUT2D eigenvalue weighted by molar-refractivity contribution is 14.0. The van der Waals surface area contributed by atoms with Crippen LogP contribution in [0, 0.1) is 5.41 Å². The summed E-state index contributed by atoms with van der Waals surface area (Å²) in [6, 6.07) is 4.57. The molecule has 0 heterocycles. The number of benzene rings is 1. The molecule has 1 aromatic carbocycles. The summed E-state index contributed by atoms with van der Waals surface area (Å²) >= 11 is 0. The number of nitrogens with one attached hydrogen (secondary N) is 3. The van der Waals surface area contributed by atoms with Crippen molar-refractivity contribution in [1.29, 1.82) is 0 Å². The summed E-state index contributed by atoms with van der Waals surface area (Å²) in [6.07, 6.45) is 0. The number of ether oxygens (including phenoxy) is 2. The number of halogens is 3. The molecular formula is C19H31F2IN4O3. The highest BCUT2D eigenvalue weighted by Crippen LogP contribution is 2.26. The Morgan fingerprint density at radius 1 is 1.17 bits per heavy atom. The van der Waals surface area contributed by atoms with Crippen molar-refractivity contribution in [2.24, 2.45) is 10.4 Å². The van der Waals surface area contributed by atoms with Crippen molar-refractivity contribution in [3.8, 4) is 11.5 Å². The second kappa shape index (κ2) is 13.4. The number of alkyl halides is 2. The maximum absolute atomic E-state index is 12.6. The average molecular weight is 528 g/mol. The summed E-state index contributed by atoms with van der Waals surface area (Å²) in [5.74, 6) is 0.949. The van der Waals surface area contributed by atoms with Gasteiger partial charge in [0.2, 0.25) is 5.91 Å². The largest absolute Gasteiger partial charge is 0.497 e. The maximum Gasteiger partial charge on any atom is 0.387 e. The number of methoxy groups -OCH3 is 1. The minimum absolute atomic E-state index is 0. The van der Waals surface area contributed by atoms with Gasteiger partial charge in [0.05, 0.1) is 19.1 Å². The van der Waals surface area contributed by atoms with Gasteiger partial charge in [-0.3, -0.25) is 4.79 Å². The average Bonchev–Trinajstić information content (AvgIpc) is 2.64. The van der Waals surface area contributed by atoms with Crippen molar-refractivity contribution in [3.63, 3.8) is 0 Å². The lowest BCUT2D eigenvalue weighted by Crippen LogP contribution is -2.47. The van der Waals surface area contributed by atoms with Gasteiger partial charge in [0.1, 0.15) is 11.5 Å². The number of carbonyl (C=O) groups is 1. The SMILES string of the molecule is CCNC(=O)C(C)(C)CNC(=NCc1cc(OC)ccc1OC(F)F)NCC.I. The molecule has 1 aromatic rings. The summed E-state index contributed by atoms with van der Waals surface area (Å²) in [7, 11) is 1.49. The van der Waals surface area contributed by atoms with Crippen molar-refractivity contribution < 1.29 is 23.0 Å². The maximum atomic E-state index is 12.6. The Balaban J connectivity index is 0.00000784. The smallest absolute Gasteiger partial charge is 0.387 e. The molecule has 0 unspecified atom stereocenters. The predicted molar refractivity (Wildman–Crippen MR) is 120 cm³/mol. The van der Waals surface area contributed by atoms with Crippen LogP contribution in [-0.2, 0) is 11.3 Å². The van der Waals surface area contributed by atoms with Gasteiger partial charge in [-0.2, -0.15) is 8.78 Å². The molecule has 0 atom stereocenters. The molecule has 1 rings (SSSR count). The molecule has 0 spiro atoms. The quantitative estimate of drug-likeness (QED) is 0.247. The molecule has 7 nitrogen and oxygen atoms in total. The van der Waals surface area contributed by atoms with Crippen molar-refractivity contribution in [1.82, 2.24) is 16.0 Å². The second-order valence-corrected chi connectivity index (χ2v) is 6.64. The molecule has 29 heavy (non-hydrogen) atoms. The topological polar surface area (TPSA) is 84.0 Å². The van der Waals surface area contributed by atoms with E-state index in [0.29, 0.717) is 36.9 Å². The van der Waals surface area contributed by atoms with Crippen LogP contribution in [0.25, 0.3) is 0 Å². The van der Waals surface area contributed by atoms with E-state index in [1.54, 1.807) is 12.1 Å². The van der Waals surface area contributed by atoms with Crippen LogP contribution >= 0.6 is 24.0 Å². The fraction of sp³-hybridized carbons (Fsp3) is 0.579. The minimum Gasteiger partial charge on any atom is -0.497 e. The first-order chi connectivity index (χ1) is 13.2. The number of nitrogens with zero attached hydrogens (tertiary/aromatic N) is 1. The molecule has 1 amide bonds. The van der Waals surface area contributed by atoms with Gasteiger partial charge in [-0.25, -0.2) is 4.99 Å². The first-order valence-corrected chi connectivity index (χ1v) is 9.15. The Morgan fingerprint density at radius 2 is 1.83 bits per heavy atom. The molecule has 0 aromatic heterocycles. The lowest BCUT2D eigenvalue weighted by atomic mass is 9.92. The highest BCUT2D eigenvalue weighted by atomic mass is 127. The first kappa shape index (κ1) is 27.1. The Hall–Kier alpha value is -1.85. The van der Waals surface area contributed by atoms with Crippen LogP contribution < -0.4 is 25.4 Å². The van der Waals surface area contributed by atoms with E-state index in [1.165, 1.54) is 13.2 Å². The van der Waals surface area contributed by atoms with Crippen LogP contribution in [0.1, 0.15) is 33.3 Å². The molecule has 0 aliphatic rings. The molecule has 0 bridgehead atoms. The van der Waals surface area contributed by atoms with E-state index in [4.69, 9.17) is 4.74 Å². The number of hydrogen-bond donors (Lipinski definition) is 3. The number of rotatable bonds is 10. The van der Waals surface area contributed by atoms with Crippen LogP contribution in [0.5, 0.6) is 11.5 Å². The van der Waals surface area contributed by atoms with Gasteiger partial charge >= 0.3 is 6.61 Å². The zero-order valence-electron chi connectivity index (χ0n) is 17.5. The van der Waals surface area contributed by atoms with E-state index >= 15 is 0 Å². The van der Waals surface area contributed by atoms with Gasteiger partial charge in [-0.05, 0) is 45.9 Å². The van der Waals surface area contributed by atoms with Crippen LogP contribution in [-0.4, -0.2) is 45.2 Å². The number of amides is 1. The van der Waals surface area contributed by atoms with E-state index < -0.39 is 12.0 Å². The molecule has 166 valence electrons. The third kappa shape index (κ3) is 9.46. The van der Waals surface area contributed by atoms with Crippen LogP contribution in [0.4, 0.5) is 8.78 Å². The monoisotopic (exact) mass is 528 g/mol. The van der Waals surface area contributed by atoms with Crippen LogP contribution in [0.3, 0.4) is 0 Å². The third-order valence-corrected chi connectivity index (χ3v) is 3.89. The summed E-state index contributed by atoms with van der Waals surface area (Å²) < 4.78 is 35.0. The van der Waals surface area contributed by atoms with E-state index in [9.17, 15) is 13.6 Å². The van der Waals surface area contributed by atoms with Crippen LogP contribution in [0.2, 0.25) is 0 Å². The van der Waals surface area contributed by atoms with E-state index in [1.807, 2.05) is 27.7 Å². The van der Waals surface area contributed by atoms with Crippen molar-refractivity contribution in [2.75, 3.05) is 26.7 Å². The Morgan fingerprint density at radius 3 is 2.38 bits per heavy atom. The lowest BCUT2D eigenvalue weighted by molar-refractivity contribution is -0.128. The number of aliphatic imine (C=N–C) groups is 1. The van der Waals surface area contributed by atoms with E-state index in [2.05, 4.69) is 25.7 Å². The standard InChI is InChI=1S/C19H30F2N4O3.HI/c1-6-22-16(26)19(3,4)12-25-18(23-7-2)24-11-13-10-14(27-5)8-9-15(13)28-17(20)21;/h8-10,17H,6-7,11-12H2,1-5H3,(H,22,26)(H2,23,24,25);1H. The van der Waals surface area contributed by atoms with Gasteiger partial charge in [-0.15, -0.1) is 24.0 Å². The van der Waals surface area contributed by atoms with Crippen LogP contribution in [0.15, 0.2) is 23.2 Å². The summed E-state index contributed by atoms with van der Waals surface area (Å²) in [5, 5.41) is 8.99. The summed E-state index contributed by atoms with van der Waals surface area (Å²) in [4.78, 5) is 16.5. The number of guanidine groups is 1. The Labute approximate surface area is 188 Å². The molecule has 0 saturated carbocycles. The fourth-order valence-electron chi connectivity index (χ4n) is 2.31. The van der Waals surface area contributed by atoms with Gasteiger partial charge in [0.25, 0.3) is 0 Å². The van der Waals surface area contributed by atoms with Crippen molar-refractivity contribution in [3.05, 3.63) is 23.8 Å². The second-order valence-electron chi connectivity index (χ2n) is 6.64. The molecule has 0 fully saturated rings. The van der Waals surface area contributed by atoms with E-state index in [0.717, 1.165) is 0 Å². The van der Waals surface area contributed by atoms with Gasteiger partial charge in [0, 0.05) is 25.2 Å². The molecule has 0 saturated heterocycles.